The molecular formula is C13H9BrCl2O2S. The average molecular weight is 380 g/mol. The minimum absolute atomic E-state index is 0.308. The summed E-state index contributed by atoms with van der Waals surface area (Å²) in [6, 6.07) is 5.60. The molecule has 2 heterocycles. The second-order valence-corrected chi connectivity index (χ2v) is 6.66. The lowest BCUT2D eigenvalue weighted by Crippen LogP contribution is -2.15. The number of thiophene rings is 1. The van der Waals surface area contributed by atoms with Crippen LogP contribution in [0.2, 0.25) is 5.02 Å². The Morgan fingerprint density at radius 3 is 2.53 bits per heavy atom. The molecule has 1 aliphatic heterocycles. The molecule has 1 aromatic carbocycles. The summed E-state index contributed by atoms with van der Waals surface area (Å²) in [7, 11) is 0. The van der Waals surface area contributed by atoms with E-state index in [0.717, 1.165) is 14.9 Å². The van der Waals surface area contributed by atoms with E-state index in [2.05, 4.69) is 15.9 Å². The van der Waals surface area contributed by atoms with E-state index >= 15 is 0 Å². The van der Waals surface area contributed by atoms with Gasteiger partial charge in [-0.1, -0.05) is 11.6 Å². The highest BCUT2D eigenvalue weighted by atomic mass is 79.9. The van der Waals surface area contributed by atoms with Crippen molar-refractivity contribution in [2.45, 2.75) is 5.38 Å². The second-order valence-electron chi connectivity index (χ2n) is 4.01. The first kappa shape index (κ1) is 13.6. The van der Waals surface area contributed by atoms with Crippen LogP contribution in [0.1, 0.15) is 15.8 Å². The van der Waals surface area contributed by atoms with Crippen molar-refractivity contribution in [1.29, 1.82) is 0 Å². The van der Waals surface area contributed by atoms with E-state index in [1.807, 2.05) is 17.5 Å². The smallest absolute Gasteiger partial charge is 0.162 e. The summed E-state index contributed by atoms with van der Waals surface area (Å²) in [5, 5.41) is 2.27. The monoisotopic (exact) mass is 378 g/mol. The van der Waals surface area contributed by atoms with Crippen molar-refractivity contribution < 1.29 is 9.47 Å². The number of halogens is 3. The molecular weight excluding hydrogens is 371 g/mol. The Morgan fingerprint density at radius 2 is 1.89 bits per heavy atom. The van der Waals surface area contributed by atoms with Crippen LogP contribution in [0, 0.1) is 0 Å². The van der Waals surface area contributed by atoms with E-state index in [9.17, 15) is 0 Å². The molecule has 19 heavy (non-hydrogen) atoms. The predicted octanol–water partition coefficient (Wildman–Crippen LogP) is 5.26. The molecule has 2 aromatic rings. The molecule has 0 aliphatic carbocycles. The molecule has 6 heteroatoms. The van der Waals surface area contributed by atoms with Crippen LogP contribution in [0.25, 0.3) is 0 Å². The lowest BCUT2D eigenvalue weighted by Gasteiger charge is -2.21. The third-order valence-electron chi connectivity index (χ3n) is 2.81. The molecule has 0 saturated carbocycles. The fourth-order valence-corrected chi connectivity index (χ4v) is 4.40. The maximum absolute atomic E-state index is 6.53. The second kappa shape index (κ2) is 5.52. The van der Waals surface area contributed by atoms with Gasteiger partial charge in [-0.2, -0.15) is 0 Å². The Hall–Kier alpha value is -0.420. The summed E-state index contributed by atoms with van der Waals surface area (Å²) >= 11 is 17.9. The highest BCUT2D eigenvalue weighted by molar-refractivity contribution is 9.10. The Bertz CT molecular complexity index is 615. The van der Waals surface area contributed by atoms with Gasteiger partial charge < -0.3 is 9.47 Å². The van der Waals surface area contributed by atoms with Crippen LogP contribution in [-0.2, 0) is 0 Å². The number of alkyl halides is 1. The van der Waals surface area contributed by atoms with Crippen molar-refractivity contribution in [3.8, 4) is 11.5 Å². The van der Waals surface area contributed by atoms with E-state index < -0.39 is 0 Å². The minimum atomic E-state index is -0.308. The van der Waals surface area contributed by atoms with Gasteiger partial charge in [0.1, 0.15) is 13.2 Å². The van der Waals surface area contributed by atoms with Gasteiger partial charge in [-0.05, 0) is 39.0 Å². The molecule has 0 amide bonds. The molecule has 3 rings (SSSR count). The van der Waals surface area contributed by atoms with Gasteiger partial charge in [-0.25, -0.2) is 0 Å². The molecule has 100 valence electrons. The van der Waals surface area contributed by atoms with Crippen LogP contribution < -0.4 is 9.47 Å². The van der Waals surface area contributed by atoms with Crippen molar-refractivity contribution >= 4 is 50.5 Å². The third kappa shape index (κ3) is 2.59. The molecule has 0 spiro atoms. The molecule has 1 atom stereocenters. The average Bonchev–Trinajstić information content (AvgIpc) is 2.83. The number of rotatable bonds is 2. The van der Waals surface area contributed by atoms with Crippen LogP contribution in [-0.4, -0.2) is 13.2 Å². The quantitative estimate of drug-likeness (QED) is 0.662. The Labute approximate surface area is 133 Å². The van der Waals surface area contributed by atoms with Crippen molar-refractivity contribution in [3.63, 3.8) is 0 Å². The Morgan fingerprint density at radius 1 is 1.21 bits per heavy atom. The van der Waals surface area contributed by atoms with Gasteiger partial charge in [0, 0.05) is 20.4 Å². The van der Waals surface area contributed by atoms with E-state index in [-0.39, 0.29) is 5.38 Å². The molecule has 1 aromatic heterocycles. The summed E-state index contributed by atoms with van der Waals surface area (Å²) in [5.74, 6) is 1.37. The van der Waals surface area contributed by atoms with Crippen LogP contribution in [0.3, 0.4) is 0 Å². The number of benzene rings is 1. The molecule has 0 fully saturated rings. The van der Waals surface area contributed by atoms with Crippen molar-refractivity contribution in [2.75, 3.05) is 13.2 Å². The van der Waals surface area contributed by atoms with Crippen LogP contribution in [0.15, 0.2) is 28.1 Å². The summed E-state index contributed by atoms with van der Waals surface area (Å²) in [4.78, 5) is 1.03. The van der Waals surface area contributed by atoms with Gasteiger partial charge >= 0.3 is 0 Å². The summed E-state index contributed by atoms with van der Waals surface area (Å²) < 4.78 is 12.0. The normalized spacial score (nSPS) is 15.3. The molecule has 0 radical (unpaired) electrons. The maximum Gasteiger partial charge on any atom is 0.162 e. The van der Waals surface area contributed by atoms with Crippen LogP contribution in [0.4, 0.5) is 0 Å². The van der Waals surface area contributed by atoms with Crippen LogP contribution in [0.5, 0.6) is 11.5 Å². The molecule has 0 N–H and O–H groups in total. The predicted molar refractivity (Wildman–Crippen MR) is 82.2 cm³/mol. The number of ether oxygens (including phenoxy) is 2. The van der Waals surface area contributed by atoms with Crippen molar-refractivity contribution in [1.82, 2.24) is 0 Å². The lowest BCUT2D eigenvalue weighted by molar-refractivity contribution is 0.171. The number of hydrogen-bond acceptors (Lipinski definition) is 3. The van der Waals surface area contributed by atoms with Gasteiger partial charge in [0.15, 0.2) is 11.5 Å². The number of hydrogen-bond donors (Lipinski definition) is 0. The zero-order valence-electron chi connectivity index (χ0n) is 9.66. The Kier molecular flexibility index (Phi) is 3.94. The summed E-state index contributed by atoms with van der Waals surface area (Å²) in [6.07, 6.45) is 0. The van der Waals surface area contributed by atoms with Gasteiger partial charge in [0.05, 0.1) is 5.38 Å². The maximum atomic E-state index is 6.53. The fourth-order valence-electron chi connectivity index (χ4n) is 1.90. The molecule has 1 unspecified atom stereocenters. The van der Waals surface area contributed by atoms with Gasteiger partial charge in [-0.15, -0.1) is 22.9 Å². The summed E-state index contributed by atoms with van der Waals surface area (Å²) in [5.41, 5.74) is 0.829. The minimum Gasteiger partial charge on any atom is -0.486 e. The van der Waals surface area contributed by atoms with Gasteiger partial charge in [0.25, 0.3) is 0 Å². The third-order valence-corrected chi connectivity index (χ3v) is 5.66. The highest BCUT2D eigenvalue weighted by Crippen LogP contribution is 2.44. The zero-order valence-corrected chi connectivity index (χ0v) is 13.6. The largest absolute Gasteiger partial charge is 0.486 e. The van der Waals surface area contributed by atoms with E-state index in [4.69, 9.17) is 32.7 Å². The van der Waals surface area contributed by atoms with Gasteiger partial charge in [0.2, 0.25) is 0 Å². The van der Waals surface area contributed by atoms with E-state index in [1.54, 1.807) is 17.4 Å². The summed E-state index contributed by atoms with van der Waals surface area (Å²) in [6.45, 7) is 1.09. The fraction of sp³-hybridized carbons (Fsp3) is 0.231. The first-order chi connectivity index (χ1) is 9.16. The molecule has 0 saturated heterocycles. The van der Waals surface area contributed by atoms with Gasteiger partial charge in [-0.3, -0.25) is 0 Å². The first-order valence-electron chi connectivity index (χ1n) is 5.63. The SMILES string of the molecule is Clc1cc2c(cc1C(Cl)c1sccc1Br)OCCO2. The van der Waals surface area contributed by atoms with Crippen molar-refractivity contribution in [3.05, 3.63) is 43.5 Å². The highest BCUT2D eigenvalue weighted by Gasteiger charge is 2.22. The van der Waals surface area contributed by atoms with E-state index in [1.165, 1.54) is 0 Å². The first-order valence-corrected chi connectivity index (χ1v) is 8.11. The van der Waals surface area contributed by atoms with E-state index in [0.29, 0.717) is 29.7 Å². The standard InChI is InChI=1S/C13H9BrCl2O2S/c14-8-1-4-19-13(8)12(16)7-5-10-11(6-9(7)15)18-3-2-17-10/h1,4-6,12H,2-3H2. The molecule has 0 bridgehead atoms. The molecule has 2 nitrogen and oxygen atoms in total. The Balaban J connectivity index is 2.03. The number of fused-ring (bicyclic) bond motifs is 1. The molecule has 1 aliphatic rings. The van der Waals surface area contributed by atoms with Crippen molar-refractivity contribution in [2.24, 2.45) is 0 Å². The lowest BCUT2D eigenvalue weighted by atomic mass is 10.1. The zero-order chi connectivity index (χ0) is 13.4. The topological polar surface area (TPSA) is 18.5 Å². The van der Waals surface area contributed by atoms with Crippen LogP contribution >= 0.6 is 50.5 Å².